The molecular weight excluding hydrogens is 252 g/mol. The second-order valence-electron chi connectivity index (χ2n) is 4.90. The number of hydrogen-bond acceptors (Lipinski definition) is 2. The molecule has 0 aliphatic heterocycles. The Kier molecular flexibility index (Phi) is 4.47. The molecule has 2 rings (SSSR count). The van der Waals surface area contributed by atoms with Crippen LogP contribution in [0.4, 0.5) is 8.78 Å². The minimum atomic E-state index is -0.723. The van der Waals surface area contributed by atoms with Gasteiger partial charge in [-0.1, -0.05) is 18.9 Å². The van der Waals surface area contributed by atoms with Gasteiger partial charge in [-0.25, -0.2) is 8.78 Å². The summed E-state index contributed by atoms with van der Waals surface area (Å²) in [5, 5.41) is 12.4. The average Bonchev–Trinajstić information content (AvgIpc) is 2.37. The molecule has 1 aromatic rings. The highest BCUT2D eigenvalue weighted by Crippen LogP contribution is 2.19. The van der Waals surface area contributed by atoms with Crippen LogP contribution in [-0.4, -0.2) is 23.2 Å². The summed E-state index contributed by atoms with van der Waals surface area (Å²) in [4.78, 5) is 11.8. The number of rotatable bonds is 3. The van der Waals surface area contributed by atoms with Crippen molar-refractivity contribution in [1.29, 1.82) is 0 Å². The third-order valence-electron chi connectivity index (χ3n) is 3.47. The van der Waals surface area contributed by atoms with Crippen LogP contribution < -0.4 is 5.32 Å². The van der Waals surface area contributed by atoms with Gasteiger partial charge >= 0.3 is 0 Å². The maximum absolute atomic E-state index is 13.4. The second kappa shape index (κ2) is 6.10. The fourth-order valence-electron chi connectivity index (χ4n) is 2.40. The number of amides is 1. The van der Waals surface area contributed by atoms with E-state index >= 15 is 0 Å². The number of carbonyl (C=O) groups is 1. The minimum absolute atomic E-state index is 0.231. The van der Waals surface area contributed by atoms with E-state index in [1.807, 2.05) is 0 Å². The summed E-state index contributed by atoms with van der Waals surface area (Å²) in [5.41, 5.74) is -0.231. The Hall–Kier alpha value is -1.49. The third-order valence-corrected chi connectivity index (χ3v) is 3.47. The van der Waals surface area contributed by atoms with Gasteiger partial charge in [0.1, 0.15) is 11.6 Å². The van der Waals surface area contributed by atoms with E-state index in [9.17, 15) is 18.7 Å². The molecular formula is C14H17F2NO2. The van der Waals surface area contributed by atoms with E-state index in [2.05, 4.69) is 5.32 Å². The summed E-state index contributed by atoms with van der Waals surface area (Å²) in [5.74, 6) is -1.91. The lowest BCUT2D eigenvalue weighted by Crippen LogP contribution is -2.45. The van der Waals surface area contributed by atoms with Crippen LogP contribution in [0.5, 0.6) is 0 Å². The molecule has 1 aliphatic carbocycles. The highest BCUT2D eigenvalue weighted by Gasteiger charge is 2.25. The molecule has 1 fully saturated rings. The smallest absolute Gasteiger partial charge is 0.224 e. The van der Waals surface area contributed by atoms with E-state index in [1.165, 1.54) is 6.07 Å². The van der Waals surface area contributed by atoms with Crippen molar-refractivity contribution in [3.05, 3.63) is 35.4 Å². The zero-order valence-corrected chi connectivity index (χ0v) is 10.5. The molecule has 0 saturated heterocycles. The third kappa shape index (κ3) is 3.50. The average molecular weight is 269 g/mol. The Bertz CT molecular complexity index is 445. The monoisotopic (exact) mass is 269 g/mol. The van der Waals surface area contributed by atoms with Gasteiger partial charge in [0.05, 0.1) is 18.6 Å². The molecule has 2 N–H and O–H groups in total. The van der Waals surface area contributed by atoms with E-state index in [0.717, 1.165) is 25.0 Å². The van der Waals surface area contributed by atoms with Crippen molar-refractivity contribution >= 4 is 5.91 Å². The first-order chi connectivity index (χ1) is 9.08. The normalized spacial score (nSPS) is 23.1. The molecule has 0 aromatic heterocycles. The topological polar surface area (TPSA) is 49.3 Å². The number of carbonyl (C=O) groups excluding carboxylic acids is 1. The second-order valence-corrected chi connectivity index (χ2v) is 4.90. The Morgan fingerprint density at radius 1 is 1.26 bits per heavy atom. The lowest BCUT2D eigenvalue weighted by atomic mass is 9.92. The fraction of sp³-hybridized carbons (Fsp3) is 0.500. The number of nitrogens with one attached hydrogen (secondary N) is 1. The number of halogens is 2. The van der Waals surface area contributed by atoms with Crippen molar-refractivity contribution < 1.29 is 18.7 Å². The largest absolute Gasteiger partial charge is 0.391 e. The Balaban J connectivity index is 1.97. The molecule has 0 spiro atoms. The van der Waals surface area contributed by atoms with Gasteiger partial charge in [-0.05, 0) is 25.0 Å². The molecule has 1 aliphatic rings. The van der Waals surface area contributed by atoms with Crippen LogP contribution >= 0.6 is 0 Å². The molecule has 5 heteroatoms. The summed E-state index contributed by atoms with van der Waals surface area (Å²) >= 11 is 0. The molecule has 1 aromatic carbocycles. The van der Waals surface area contributed by atoms with Crippen LogP contribution in [0, 0.1) is 11.6 Å². The number of hydrogen-bond donors (Lipinski definition) is 2. The summed E-state index contributed by atoms with van der Waals surface area (Å²) in [6.07, 6.45) is 2.32. The zero-order valence-electron chi connectivity index (χ0n) is 10.5. The van der Waals surface area contributed by atoms with Crippen molar-refractivity contribution in [2.24, 2.45) is 0 Å². The lowest BCUT2D eigenvalue weighted by Gasteiger charge is -2.28. The molecule has 0 bridgehead atoms. The number of aliphatic hydroxyl groups is 1. The fourth-order valence-corrected chi connectivity index (χ4v) is 2.40. The van der Waals surface area contributed by atoms with E-state index in [-0.39, 0.29) is 18.0 Å². The molecule has 0 radical (unpaired) electrons. The summed E-state index contributed by atoms with van der Waals surface area (Å²) in [6.45, 7) is 0. The summed E-state index contributed by atoms with van der Waals surface area (Å²) < 4.78 is 26.8. The van der Waals surface area contributed by atoms with E-state index in [4.69, 9.17) is 0 Å². The van der Waals surface area contributed by atoms with Gasteiger partial charge in [0.15, 0.2) is 0 Å². The molecule has 3 nitrogen and oxygen atoms in total. The maximum Gasteiger partial charge on any atom is 0.224 e. The van der Waals surface area contributed by atoms with Gasteiger partial charge in [-0.2, -0.15) is 0 Å². The van der Waals surface area contributed by atoms with E-state index in [1.54, 1.807) is 0 Å². The van der Waals surface area contributed by atoms with Crippen LogP contribution in [0.1, 0.15) is 31.2 Å². The van der Waals surface area contributed by atoms with Crippen molar-refractivity contribution in [3.8, 4) is 0 Å². The first kappa shape index (κ1) is 13.9. The Labute approximate surface area is 110 Å². The molecule has 19 heavy (non-hydrogen) atoms. The number of benzene rings is 1. The van der Waals surface area contributed by atoms with Gasteiger partial charge in [-0.15, -0.1) is 0 Å². The van der Waals surface area contributed by atoms with E-state index < -0.39 is 23.6 Å². The maximum atomic E-state index is 13.4. The number of aliphatic hydroxyl groups excluding tert-OH is 1. The molecule has 104 valence electrons. The van der Waals surface area contributed by atoms with Crippen LogP contribution in [-0.2, 0) is 11.2 Å². The Morgan fingerprint density at radius 2 is 1.89 bits per heavy atom. The Morgan fingerprint density at radius 3 is 2.53 bits per heavy atom. The van der Waals surface area contributed by atoms with Crippen molar-refractivity contribution in [2.75, 3.05) is 0 Å². The molecule has 0 heterocycles. The highest BCUT2D eigenvalue weighted by atomic mass is 19.1. The quantitative estimate of drug-likeness (QED) is 0.881. The predicted octanol–water partition coefficient (Wildman–Crippen LogP) is 1.93. The van der Waals surface area contributed by atoms with Gasteiger partial charge in [-0.3, -0.25) is 4.79 Å². The highest BCUT2D eigenvalue weighted by molar-refractivity contribution is 5.79. The lowest BCUT2D eigenvalue weighted by molar-refractivity contribution is -0.122. The summed E-state index contributed by atoms with van der Waals surface area (Å²) in [6, 6.07) is 3.20. The molecule has 2 atom stereocenters. The molecule has 0 unspecified atom stereocenters. The molecule has 1 saturated carbocycles. The first-order valence-corrected chi connectivity index (χ1v) is 6.48. The van der Waals surface area contributed by atoms with Gasteiger partial charge in [0, 0.05) is 5.56 Å². The van der Waals surface area contributed by atoms with E-state index in [0.29, 0.717) is 12.8 Å². The van der Waals surface area contributed by atoms with Crippen LogP contribution in [0.2, 0.25) is 0 Å². The van der Waals surface area contributed by atoms with Crippen LogP contribution in [0.3, 0.4) is 0 Å². The van der Waals surface area contributed by atoms with Crippen molar-refractivity contribution in [2.45, 2.75) is 44.2 Å². The van der Waals surface area contributed by atoms with Crippen molar-refractivity contribution in [1.82, 2.24) is 5.32 Å². The first-order valence-electron chi connectivity index (χ1n) is 6.48. The summed E-state index contributed by atoms with van der Waals surface area (Å²) in [7, 11) is 0. The minimum Gasteiger partial charge on any atom is -0.391 e. The van der Waals surface area contributed by atoms with Gasteiger partial charge < -0.3 is 10.4 Å². The zero-order chi connectivity index (χ0) is 13.8. The van der Waals surface area contributed by atoms with Crippen LogP contribution in [0.25, 0.3) is 0 Å². The van der Waals surface area contributed by atoms with Crippen molar-refractivity contribution in [3.63, 3.8) is 0 Å². The van der Waals surface area contributed by atoms with Gasteiger partial charge in [0.2, 0.25) is 5.91 Å². The SMILES string of the molecule is O=C(Cc1c(F)cccc1F)N[C@@H]1CCCC[C@H]1O. The predicted molar refractivity (Wildman–Crippen MR) is 66.5 cm³/mol. The van der Waals surface area contributed by atoms with Gasteiger partial charge in [0.25, 0.3) is 0 Å². The standard InChI is InChI=1S/C14H17F2NO2/c15-10-4-3-5-11(16)9(10)8-14(19)17-12-6-1-2-7-13(12)18/h3-5,12-13,18H,1-2,6-8H2,(H,17,19)/t12-,13-/m1/s1. The molecule has 1 amide bonds. The van der Waals surface area contributed by atoms with Crippen LogP contribution in [0.15, 0.2) is 18.2 Å².